The summed E-state index contributed by atoms with van der Waals surface area (Å²) in [5.41, 5.74) is 0.415. The number of nitrogens with zero attached hydrogens (tertiary/aromatic N) is 4. The fourth-order valence-corrected chi connectivity index (χ4v) is 3.76. The first-order valence-corrected chi connectivity index (χ1v) is 8.12. The molecular weight excluding hydrogens is 292 g/mol. The van der Waals surface area contributed by atoms with Gasteiger partial charge in [0.25, 0.3) is 5.91 Å². The van der Waals surface area contributed by atoms with Gasteiger partial charge in [0.2, 0.25) is 0 Å². The molecule has 2 unspecified atom stereocenters. The van der Waals surface area contributed by atoms with Crippen LogP contribution in [0.1, 0.15) is 29.1 Å². The number of amides is 1. The van der Waals surface area contributed by atoms with E-state index in [0.29, 0.717) is 17.4 Å². The van der Waals surface area contributed by atoms with Crippen LogP contribution in [-0.4, -0.2) is 46.6 Å². The molecule has 6 heteroatoms. The number of carbonyl (C=O) groups is 1. The van der Waals surface area contributed by atoms with Crippen molar-refractivity contribution >= 4 is 11.7 Å². The van der Waals surface area contributed by atoms with Gasteiger partial charge in [-0.3, -0.25) is 4.79 Å². The summed E-state index contributed by atoms with van der Waals surface area (Å²) in [6, 6.07) is 7.91. The number of rotatable bonds is 2. The maximum atomic E-state index is 12.7. The molecule has 4 rings (SSSR count). The van der Waals surface area contributed by atoms with Crippen LogP contribution in [0.5, 0.6) is 0 Å². The molecule has 0 spiro atoms. The third-order valence-corrected chi connectivity index (χ3v) is 4.94. The Kier molecular flexibility index (Phi) is 3.52. The molecule has 2 aliphatic heterocycles. The lowest BCUT2D eigenvalue weighted by Crippen LogP contribution is -2.50. The molecule has 1 amide bonds. The average Bonchev–Trinajstić information content (AvgIpc) is 3.20. The van der Waals surface area contributed by atoms with Gasteiger partial charge in [-0.1, -0.05) is 11.2 Å². The van der Waals surface area contributed by atoms with Crippen molar-refractivity contribution in [2.24, 2.45) is 5.92 Å². The van der Waals surface area contributed by atoms with Crippen LogP contribution >= 0.6 is 0 Å². The molecule has 2 atom stereocenters. The van der Waals surface area contributed by atoms with Gasteiger partial charge in [-0.25, -0.2) is 4.98 Å². The minimum atomic E-state index is -0.0165. The topological polar surface area (TPSA) is 62.5 Å². The van der Waals surface area contributed by atoms with E-state index in [0.717, 1.165) is 38.3 Å². The Hall–Kier alpha value is -2.37. The number of carbonyl (C=O) groups excluding carboxylic acids is 1. The van der Waals surface area contributed by atoms with E-state index in [2.05, 4.69) is 15.0 Å². The Morgan fingerprint density at radius 1 is 1.30 bits per heavy atom. The van der Waals surface area contributed by atoms with E-state index in [-0.39, 0.29) is 11.9 Å². The van der Waals surface area contributed by atoms with Crippen LogP contribution in [0.3, 0.4) is 0 Å². The Morgan fingerprint density at radius 3 is 2.91 bits per heavy atom. The number of hydrogen-bond donors (Lipinski definition) is 0. The molecule has 2 aliphatic rings. The number of piperidine rings is 1. The predicted octanol–water partition coefficient (Wildman–Crippen LogP) is 2.12. The smallest absolute Gasteiger partial charge is 0.276 e. The SMILES string of the molecule is Cc1cc(C(=O)N2CCC3CCN(c4ccccn4)CC32)no1. The summed E-state index contributed by atoms with van der Waals surface area (Å²) in [5, 5.41) is 3.88. The molecule has 0 bridgehead atoms. The van der Waals surface area contributed by atoms with Gasteiger partial charge < -0.3 is 14.3 Å². The number of anilines is 1. The van der Waals surface area contributed by atoms with E-state index >= 15 is 0 Å². The summed E-state index contributed by atoms with van der Waals surface area (Å²) >= 11 is 0. The molecule has 2 fully saturated rings. The Morgan fingerprint density at radius 2 is 2.17 bits per heavy atom. The van der Waals surface area contributed by atoms with Crippen molar-refractivity contribution in [3.63, 3.8) is 0 Å². The highest BCUT2D eigenvalue weighted by atomic mass is 16.5. The van der Waals surface area contributed by atoms with Crippen LogP contribution in [0.15, 0.2) is 35.0 Å². The summed E-state index contributed by atoms with van der Waals surface area (Å²) in [6.07, 6.45) is 3.99. The van der Waals surface area contributed by atoms with E-state index in [9.17, 15) is 4.79 Å². The summed E-state index contributed by atoms with van der Waals surface area (Å²) in [7, 11) is 0. The number of likely N-dealkylation sites (tertiary alicyclic amines) is 1. The maximum Gasteiger partial charge on any atom is 0.276 e. The second-order valence-electron chi connectivity index (χ2n) is 6.36. The number of aryl methyl sites for hydroxylation is 1. The van der Waals surface area contributed by atoms with E-state index in [1.165, 1.54) is 0 Å². The Balaban J connectivity index is 1.53. The third kappa shape index (κ3) is 2.58. The lowest BCUT2D eigenvalue weighted by molar-refractivity contribution is 0.0701. The quantitative estimate of drug-likeness (QED) is 0.850. The highest BCUT2D eigenvalue weighted by Gasteiger charge is 2.41. The molecular formula is C17H20N4O2. The molecule has 4 heterocycles. The fraction of sp³-hybridized carbons (Fsp3) is 0.471. The highest BCUT2D eigenvalue weighted by molar-refractivity contribution is 5.92. The zero-order chi connectivity index (χ0) is 15.8. The largest absolute Gasteiger partial charge is 0.361 e. The van der Waals surface area contributed by atoms with Gasteiger partial charge in [0.05, 0.1) is 6.04 Å². The second-order valence-corrected chi connectivity index (χ2v) is 6.36. The number of fused-ring (bicyclic) bond motifs is 1. The van der Waals surface area contributed by atoms with Gasteiger partial charge >= 0.3 is 0 Å². The van der Waals surface area contributed by atoms with Crippen LogP contribution in [0.25, 0.3) is 0 Å². The van der Waals surface area contributed by atoms with Gasteiger partial charge in [-0.05, 0) is 37.8 Å². The molecule has 120 valence electrons. The number of hydrogen-bond acceptors (Lipinski definition) is 5. The van der Waals surface area contributed by atoms with Crippen molar-refractivity contribution in [2.75, 3.05) is 24.5 Å². The average molecular weight is 312 g/mol. The van der Waals surface area contributed by atoms with Crippen LogP contribution in [0.2, 0.25) is 0 Å². The Bertz CT molecular complexity index is 700. The van der Waals surface area contributed by atoms with Gasteiger partial charge in [0, 0.05) is 31.9 Å². The van der Waals surface area contributed by atoms with Gasteiger partial charge in [0.1, 0.15) is 11.6 Å². The van der Waals surface area contributed by atoms with Crippen LogP contribution < -0.4 is 4.90 Å². The molecule has 2 aromatic rings. The molecule has 6 nitrogen and oxygen atoms in total. The summed E-state index contributed by atoms with van der Waals surface area (Å²) in [4.78, 5) is 21.4. The molecule has 23 heavy (non-hydrogen) atoms. The summed E-state index contributed by atoms with van der Waals surface area (Å²) in [5.74, 6) is 2.22. The third-order valence-electron chi connectivity index (χ3n) is 4.94. The van der Waals surface area contributed by atoms with E-state index in [1.807, 2.05) is 29.3 Å². The van der Waals surface area contributed by atoms with Crippen LogP contribution in [0.4, 0.5) is 5.82 Å². The van der Waals surface area contributed by atoms with Crippen molar-refractivity contribution in [1.82, 2.24) is 15.0 Å². The first-order chi connectivity index (χ1) is 11.2. The second kappa shape index (κ2) is 5.68. The summed E-state index contributed by atoms with van der Waals surface area (Å²) < 4.78 is 5.05. The molecule has 2 aromatic heterocycles. The number of aromatic nitrogens is 2. The van der Waals surface area contributed by atoms with Crippen molar-refractivity contribution < 1.29 is 9.32 Å². The standard InChI is InChI=1S/C17H20N4O2/c1-12-10-14(19-23-12)17(22)21-9-6-13-5-8-20(11-15(13)21)16-4-2-3-7-18-16/h2-4,7,10,13,15H,5-6,8-9,11H2,1H3. The van der Waals surface area contributed by atoms with Crippen molar-refractivity contribution in [2.45, 2.75) is 25.8 Å². The normalized spacial score (nSPS) is 23.9. The summed E-state index contributed by atoms with van der Waals surface area (Å²) in [6.45, 7) is 4.45. The highest BCUT2D eigenvalue weighted by Crippen LogP contribution is 2.33. The fourth-order valence-electron chi connectivity index (χ4n) is 3.76. The molecule has 0 aliphatic carbocycles. The van der Waals surface area contributed by atoms with E-state index in [1.54, 1.807) is 13.0 Å². The van der Waals surface area contributed by atoms with Crippen molar-refractivity contribution in [1.29, 1.82) is 0 Å². The first-order valence-electron chi connectivity index (χ1n) is 8.12. The minimum Gasteiger partial charge on any atom is -0.361 e. The molecule has 0 saturated carbocycles. The van der Waals surface area contributed by atoms with Crippen molar-refractivity contribution in [3.05, 3.63) is 41.9 Å². The van der Waals surface area contributed by atoms with E-state index < -0.39 is 0 Å². The van der Waals surface area contributed by atoms with Crippen molar-refractivity contribution in [3.8, 4) is 0 Å². The number of pyridine rings is 1. The van der Waals surface area contributed by atoms with Crippen LogP contribution in [-0.2, 0) is 0 Å². The lowest BCUT2D eigenvalue weighted by atomic mass is 9.92. The Labute approximate surface area is 135 Å². The maximum absolute atomic E-state index is 12.7. The van der Waals surface area contributed by atoms with Gasteiger partial charge in [0.15, 0.2) is 5.69 Å². The zero-order valence-corrected chi connectivity index (χ0v) is 13.2. The molecule has 0 aromatic carbocycles. The molecule has 0 radical (unpaired) electrons. The monoisotopic (exact) mass is 312 g/mol. The first kappa shape index (κ1) is 14.2. The van der Waals surface area contributed by atoms with Crippen LogP contribution in [0, 0.1) is 12.8 Å². The molecule has 2 saturated heterocycles. The minimum absolute atomic E-state index is 0.0165. The predicted molar refractivity (Wildman–Crippen MR) is 85.2 cm³/mol. The lowest BCUT2D eigenvalue weighted by Gasteiger charge is -2.38. The molecule has 0 N–H and O–H groups in total. The van der Waals surface area contributed by atoms with Gasteiger partial charge in [-0.15, -0.1) is 0 Å². The zero-order valence-electron chi connectivity index (χ0n) is 13.2. The van der Waals surface area contributed by atoms with Gasteiger partial charge in [-0.2, -0.15) is 0 Å². The van der Waals surface area contributed by atoms with E-state index in [4.69, 9.17) is 4.52 Å².